The number of rotatable bonds is 3. The van der Waals surface area contributed by atoms with Gasteiger partial charge in [-0.05, 0) is 43.0 Å². The zero-order chi connectivity index (χ0) is 16.7. The highest BCUT2D eigenvalue weighted by Gasteiger charge is 2.21. The summed E-state index contributed by atoms with van der Waals surface area (Å²) in [6, 6.07) is 5.64. The molecular weight excluding hydrogens is 329 g/mol. The average molecular weight is 343 g/mol. The van der Waals surface area contributed by atoms with E-state index in [4.69, 9.17) is 0 Å². The van der Waals surface area contributed by atoms with Crippen molar-refractivity contribution in [1.82, 2.24) is 9.55 Å². The first kappa shape index (κ1) is 15.0. The summed E-state index contributed by atoms with van der Waals surface area (Å²) in [5.74, 6) is -0.822. The van der Waals surface area contributed by atoms with Gasteiger partial charge >= 0.3 is 0 Å². The minimum absolute atomic E-state index is 0.150. The van der Waals surface area contributed by atoms with Crippen LogP contribution in [0.1, 0.15) is 16.9 Å². The molecule has 1 amide bonds. The van der Waals surface area contributed by atoms with Gasteiger partial charge in [-0.2, -0.15) is 0 Å². The molecule has 4 rings (SSSR count). The number of hydrogen-bond acceptors (Lipinski definition) is 4. The number of anilines is 1. The molecule has 0 saturated carbocycles. The molecule has 0 bridgehead atoms. The number of fused-ring (bicyclic) bond motifs is 3. The summed E-state index contributed by atoms with van der Waals surface area (Å²) in [7, 11) is 0. The molecule has 0 atom stereocenters. The van der Waals surface area contributed by atoms with Crippen LogP contribution in [0.15, 0.2) is 35.4 Å². The summed E-state index contributed by atoms with van der Waals surface area (Å²) in [5, 5.41) is 3.24. The monoisotopic (exact) mass is 343 g/mol. The zero-order valence-corrected chi connectivity index (χ0v) is 13.5. The predicted molar refractivity (Wildman–Crippen MR) is 90.9 cm³/mol. The second kappa shape index (κ2) is 5.83. The first-order chi connectivity index (χ1) is 11.6. The summed E-state index contributed by atoms with van der Waals surface area (Å²) in [4.78, 5) is 31.1. The Labute approximate surface area is 140 Å². The lowest BCUT2D eigenvalue weighted by atomic mass is 10.2. The summed E-state index contributed by atoms with van der Waals surface area (Å²) < 4.78 is 14.5. The molecule has 1 aliphatic rings. The SMILES string of the molecule is O=C(Cn1cnc2sc3c(c2c1=O)CCC3)Nc1cccc(F)c1. The van der Waals surface area contributed by atoms with Crippen molar-refractivity contribution in [3.05, 3.63) is 57.2 Å². The predicted octanol–water partition coefficient (Wildman–Crippen LogP) is 2.72. The molecule has 7 heteroatoms. The third kappa shape index (κ3) is 2.60. The lowest BCUT2D eigenvalue weighted by Gasteiger charge is -2.07. The molecule has 0 fully saturated rings. The molecule has 3 aromatic rings. The van der Waals surface area contributed by atoms with Crippen molar-refractivity contribution >= 4 is 33.1 Å². The van der Waals surface area contributed by atoms with E-state index in [1.807, 2.05) is 0 Å². The van der Waals surface area contributed by atoms with Crippen LogP contribution in [-0.4, -0.2) is 15.5 Å². The van der Waals surface area contributed by atoms with Gasteiger partial charge in [-0.25, -0.2) is 9.37 Å². The van der Waals surface area contributed by atoms with E-state index in [2.05, 4.69) is 10.3 Å². The summed E-state index contributed by atoms with van der Waals surface area (Å²) in [5.41, 5.74) is 1.26. The Balaban J connectivity index is 1.61. The number of amides is 1. The van der Waals surface area contributed by atoms with E-state index < -0.39 is 11.7 Å². The minimum atomic E-state index is -0.429. The normalized spacial score (nSPS) is 13.2. The average Bonchev–Trinajstić information content (AvgIpc) is 3.10. The number of aromatic nitrogens is 2. The number of hydrogen-bond donors (Lipinski definition) is 1. The smallest absolute Gasteiger partial charge is 0.262 e. The van der Waals surface area contributed by atoms with Gasteiger partial charge in [0, 0.05) is 10.6 Å². The number of thiophene rings is 1. The minimum Gasteiger partial charge on any atom is -0.324 e. The third-order valence-corrected chi connectivity index (χ3v) is 5.31. The molecule has 1 N–H and O–H groups in total. The van der Waals surface area contributed by atoms with Gasteiger partial charge in [-0.3, -0.25) is 14.2 Å². The van der Waals surface area contributed by atoms with Gasteiger partial charge in [-0.1, -0.05) is 6.07 Å². The maximum atomic E-state index is 13.2. The number of nitrogens with zero attached hydrogens (tertiary/aromatic N) is 2. The second-order valence-corrected chi connectivity index (χ2v) is 6.86. The van der Waals surface area contributed by atoms with Crippen LogP contribution in [0.3, 0.4) is 0 Å². The highest BCUT2D eigenvalue weighted by molar-refractivity contribution is 7.18. The molecule has 5 nitrogen and oxygen atoms in total. The van der Waals surface area contributed by atoms with Gasteiger partial charge in [-0.15, -0.1) is 11.3 Å². The van der Waals surface area contributed by atoms with Gasteiger partial charge in [0.25, 0.3) is 5.56 Å². The number of aryl methyl sites for hydroxylation is 2. The molecule has 2 aromatic heterocycles. The van der Waals surface area contributed by atoms with Crippen LogP contribution in [0.5, 0.6) is 0 Å². The van der Waals surface area contributed by atoms with E-state index in [-0.39, 0.29) is 12.1 Å². The zero-order valence-electron chi connectivity index (χ0n) is 12.7. The first-order valence-corrected chi connectivity index (χ1v) is 8.48. The second-order valence-electron chi connectivity index (χ2n) is 5.77. The van der Waals surface area contributed by atoms with Crippen molar-refractivity contribution in [2.24, 2.45) is 0 Å². The third-order valence-electron chi connectivity index (χ3n) is 4.11. The number of nitrogens with one attached hydrogen (secondary N) is 1. The van der Waals surface area contributed by atoms with Gasteiger partial charge in [0.15, 0.2) is 0 Å². The van der Waals surface area contributed by atoms with E-state index in [9.17, 15) is 14.0 Å². The quantitative estimate of drug-likeness (QED) is 0.795. The lowest BCUT2D eigenvalue weighted by Crippen LogP contribution is -2.28. The summed E-state index contributed by atoms with van der Waals surface area (Å²) >= 11 is 1.57. The molecule has 0 spiro atoms. The van der Waals surface area contributed by atoms with Gasteiger partial charge in [0.2, 0.25) is 5.91 Å². The van der Waals surface area contributed by atoms with Crippen LogP contribution in [0, 0.1) is 5.82 Å². The molecule has 0 saturated heterocycles. The number of carbonyl (C=O) groups excluding carboxylic acids is 1. The van der Waals surface area contributed by atoms with Gasteiger partial charge < -0.3 is 5.32 Å². The van der Waals surface area contributed by atoms with E-state index in [1.165, 1.54) is 34.0 Å². The van der Waals surface area contributed by atoms with Crippen LogP contribution in [0.25, 0.3) is 10.2 Å². The largest absolute Gasteiger partial charge is 0.324 e. The van der Waals surface area contributed by atoms with Gasteiger partial charge in [0.05, 0.1) is 11.7 Å². The standard InChI is InChI=1S/C17H14FN3O2S/c18-10-3-1-4-11(7-10)20-14(22)8-21-9-19-16-15(17(21)23)12-5-2-6-13(12)24-16/h1,3-4,7,9H,2,5-6,8H2,(H,20,22). The number of carbonyl (C=O) groups is 1. The molecule has 122 valence electrons. The van der Waals surface area contributed by atoms with Crippen LogP contribution >= 0.6 is 11.3 Å². The van der Waals surface area contributed by atoms with Crippen molar-refractivity contribution in [2.75, 3.05) is 5.32 Å². The molecule has 0 aliphatic heterocycles. The molecule has 1 aliphatic carbocycles. The Bertz CT molecular complexity index is 1010. The number of benzene rings is 1. The number of halogens is 1. The van der Waals surface area contributed by atoms with E-state index in [1.54, 1.807) is 17.4 Å². The Hall–Kier alpha value is -2.54. The van der Waals surface area contributed by atoms with E-state index >= 15 is 0 Å². The summed E-state index contributed by atoms with van der Waals surface area (Å²) in [6.45, 7) is -0.150. The van der Waals surface area contributed by atoms with Crippen molar-refractivity contribution < 1.29 is 9.18 Å². The Morgan fingerprint density at radius 3 is 3.08 bits per heavy atom. The van der Waals surface area contributed by atoms with Crippen molar-refractivity contribution in [3.8, 4) is 0 Å². The van der Waals surface area contributed by atoms with Gasteiger partial charge in [0.1, 0.15) is 17.2 Å². The Morgan fingerprint density at radius 2 is 2.25 bits per heavy atom. The van der Waals surface area contributed by atoms with Crippen molar-refractivity contribution in [2.45, 2.75) is 25.8 Å². The first-order valence-electron chi connectivity index (χ1n) is 7.67. The molecule has 0 unspecified atom stereocenters. The molecule has 0 radical (unpaired) electrons. The lowest BCUT2D eigenvalue weighted by molar-refractivity contribution is -0.116. The molecule has 1 aromatic carbocycles. The topological polar surface area (TPSA) is 64.0 Å². The fraction of sp³-hybridized carbons (Fsp3) is 0.235. The van der Waals surface area contributed by atoms with E-state index in [0.29, 0.717) is 11.1 Å². The molecular formula is C17H14FN3O2S. The fourth-order valence-corrected chi connectivity index (χ4v) is 4.27. The highest BCUT2D eigenvalue weighted by Crippen LogP contribution is 2.34. The van der Waals surface area contributed by atoms with Crippen LogP contribution in [0.2, 0.25) is 0 Å². The molecule has 24 heavy (non-hydrogen) atoms. The maximum Gasteiger partial charge on any atom is 0.262 e. The highest BCUT2D eigenvalue weighted by atomic mass is 32.1. The van der Waals surface area contributed by atoms with Crippen molar-refractivity contribution in [1.29, 1.82) is 0 Å². The Kier molecular flexibility index (Phi) is 3.65. The summed E-state index contributed by atoms with van der Waals surface area (Å²) in [6.07, 6.45) is 4.36. The maximum absolute atomic E-state index is 13.2. The molecule has 2 heterocycles. The Morgan fingerprint density at radius 1 is 1.38 bits per heavy atom. The van der Waals surface area contributed by atoms with Crippen LogP contribution < -0.4 is 10.9 Å². The fourth-order valence-electron chi connectivity index (χ4n) is 3.05. The van der Waals surface area contributed by atoms with Crippen molar-refractivity contribution in [3.63, 3.8) is 0 Å². The van der Waals surface area contributed by atoms with Crippen LogP contribution in [-0.2, 0) is 24.2 Å². The van der Waals surface area contributed by atoms with E-state index in [0.717, 1.165) is 29.7 Å². The van der Waals surface area contributed by atoms with Crippen LogP contribution in [0.4, 0.5) is 10.1 Å².